The van der Waals surface area contributed by atoms with Crippen LogP contribution in [-0.4, -0.2) is 72.9 Å². The monoisotopic (exact) mass is 697 g/mol. The summed E-state index contributed by atoms with van der Waals surface area (Å²) in [6.45, 7) is 9.35. The Morgan fingerprint density at radius 3 is 1.98 bits per heavy atom. The zero-order valence-electron chi connectivity index (χ0n) is 29.8. The minimum Gasteiger partial charge on any atom is -0.345 e. The van der Waals surface area contributed by atoms with Gasteiger partial charge in [-0.05, 0) is 111 Å². The lowest BCUT2D eigenvalue weighted by Crippen LogP contribution is -2.59. The molecular weight excluding hydrogens is 639 g/mol. The number of unbranched alkanes of at least 4 members (excludes halogenated alkanes) is 1. The van der Waals surface area contributed by atoms with Gasteiger partial charge in [0, 0.05) is 17.9 Å². The quantitative estimate of drug-likeness (QED) is 0.0690. The van der Waals surface area contributed by atoms with Crippen molar-refractivity contribution in [2.45, 2.75) is 116 Å². The molecule has 11 heteroatoms. The fourth-order valence-electron chi connectivity index (χ4n) is 8.59. The second-order valence-electron chi connectivity index (χ2n) is 15.5. The lowest BCUT2D eigenvalue weighted by Gasteiger charge is -2.57. The molecule has 5 N–H and O–H groups in total. The average Bonchev–Trinajstić information content (AvgIpc) is 3.08. The second kappa shape index (κ2) is 18.4. The number of hydrogen-bond acceptors (Lipinski definition) is 7. The van der Waals surface area contributed by atoms with Gasteiger partial charge in [0.05, 0.1) is 6.04 Å². The van der Waals surface area contributed by atoms with Gasteiger partial charge in [0.2, 0.25) is 17.7 Å². The SMILES string of the molecule is CC[C@H](C)[C@H](NC(=O)c1ccccc1)C(=O)N[C@@H](CCCCNCC12CC3CC(CC(C3)C1)C2)C(=O)N[C@@H](CS)C(=O)N[C@H](C=O)C(C)C. The number of amides is 4. The molecule has 4 saturated carbocycles. The van der Waals surface area contributed by atoms with Crippen LogP contribution in [0.2, 0.25) is 0 Å². The smallest absolute Gasteiger partial charge is 0.251 e. The van der Waals surface area contributed by atoms with E-state index in [0.29, 0.717) is 36.5 Å². The Morgan fingerprint density at radius 2 is 1.43 bits per heavy atom. The van der Waals surface area contributed by atoms with Crippen molar-refractivity contribution < 1.29 is 24.0 Å². The Labute approximate surface area is 298 Å². The molecule has 4 fully saturated rings. The molecule has 10 nitrogen and oxygen atoms in total. The molecule has 4 aliphatic rings. The van der Waals surface area contributed by atoms with E-state index >= 15 is 0 Å². The molecule has 0 aromatic heterocycles. The first-order chi connectivity index (χ1) is 23.5. The molecule has 4 amide bonds. The first kappa shape index (κ1) is 38.9. The van der Waals surface area contributed by atoms with Gasteiger partial charge in [-0.2, -0.15) is 12.6 Å². The van der Waals surface area contributed by atoms with Crippen molar-refractivity contribution >= 4 is 42.5 Å². The molecule has 5 atom stereocenters. The van der Waals surface area contributed by atoms with Crippen molar-refractivity contribution in [1.29, 1.82) is 0 Å². The summed E-state index contributed by atoms with van der Waals surface area (Å²) in [5.41, 5.74) is 0.887. The third-order valence-electron chi connectivity index (χ3n) is 11.2. The molecule has 4 aliphatic carbocycles. The third-order valence-corrected chi connectivity index (χ3v) is 11.6. The number of nitrogens with one attached hydrogen (secondary N) is 5. The molecule has 5 rings (SSSR count). The summed E-state index contributed by atoms with van der Waals surface area (Å²) in [6, 6.07) is 5.22. The fourth-order valence-corrected chi connectivity index (χ4v) is 8.85. The van der Waals surface area contributed by atoms with Crippen molar-refractivity contribution in [3.05, 3.63) is 35.9 Å². The van der Waals surface area contributed by atoms with Crippen LogP contribution < -0.4 is 26.6 Å². The maximum Gasteiger partial charge on any atom is 0.251 e. The number of carbonyl (C=O) groups excluding carboxylic acids is 5. The summed E-state index contributed by atoms with van der Waals surface area (Å²) in [5.74, 6) is 0.581. The van der Waals surface area contributed by atoms with Crippen LogP contribution in [0.5, 0.6) is 0 Å². The largest absolute Gasteiger partial charge is 0.345 e. The minimum absolute atomic E-state index is 0.0127. The van der Waals surface area contributed by atoms with E-state index in [1.807, 2.05) is 33.8 Å². The highest BCUT2D eigenvalue weighted by Crippen LogP contribution is 2.59. The Hall–Kier alpha value is -2.92. The van der Waals surface area contributed by atoms with E-state index < -0.39 is 41.9 Å². The summed E-state index contributed by atoms with van der Waals surface area (Å²) in [6.07, 6.45) is 11.5. The van der Waals surface area contributed by atoms with Crippen LogP contribution in [0.1, 0.15) is 102 Å². The van der Waals surface area contributed by atoms with Gasteiger partial charge in [-0.3, -0.25) is 19.2 Å². The molecule has 49 heavy (non-hydrogen) atoms. The molecule has 0 aliphatic heterocycles. The molecule has 0 saturated heterocycles. The minimum atomic E-state index is -0.999. The lowest BCUT2D eigenvalue weighted by molar-refractivity contribution is -0.133. The highest BCUT2D eigenvalue weighted by molar-refractivity contribution is 7.80. The van der Waals surface area contributed by atoms with Gasteiger partial charge in [0.1, 0.15) is 24.4 Å². The first-order valence-corrected chi connectivity index (χ1v) is 19.1. The predicted molar refractivity (Wildman–Crippen MR) is 195 cm³/mol. The number of hydrogen-bond donors (Lipinski definition) is 6. The molecule has 0 spiro atoms. The van der Waals surface area contributed by atoms with Gasteiger partial charge in [0.25, 0.3) is 5.91 Å². The molecule has 272 valence electrons. The van der Waals surface area contributed by atoms with Crippen LogP contribution in [-0.2, 0) is 19.2 Å². The van der Waals surface area contributed by atoms with E-state index in [2.05, 4.69) is 39.2 Å². The summed E-state index contributed by atoms with van der Waals surface area (Å²) >= 11 is 4.29. The summed E-state index contributed by atoms with van der Waals surface area (Å²) in [4.78, 5) is 65.0. The maximum atomic E-state index is 13.8. The van der Waals surface area contributed by atoms with Gasteiger partial charge in [-0.1, -0.05) is 52.3 Å². The number of thiol groups is 1. The summed E-state index contributed by atoms with van der Waals surface area (Å²) in [7, 11) is 0. The predicted octanol–water partition coefficient (Wildman–Crippen LogP) is 4.05. The van der Waals surface area contributed by atoms with Crippen LogP contribution in [0.4, 0.5) is 0 Å². The third kappa shape index (κ3) is 10.8. The standard InChI is InChI=1S/C38H59N5O5S/c1-5-25(4)33(43-34(45)29-11-7-6-8-12-29)37(48)40-30(35(46)42-32(22-49)36(47)41-31(21-44)24(2)3)13-9-10-14-39-23-38-18-26-15-27(19-38)17-28(16-26)20-38/h6-8,11-12,21,24-28,30-33,39,49H,5,9-10,13-20,22-23H2,1-4H3,(H,40,48)(H,41,47)(H,42,46)(H,43,45)/t25-,26?,27?,28?,30-,31+,32-,33-,38?/m0/s1. The average molecular weight is 698 g/mol. The Kier molecular flexibility index (Phi) is 14.6. The van der Waals surface area contributed by atoms with Crippen molar-refractivity contribution in [3.63, 3.8) is 0 Å². The van der Waals surface area contributed by atoms with Crippen LogP contribution in [0, 0.1) is 35.0 Å². The van der Waals surface area contributed by atoms with Crippen molar-refractivity contribution in [2.24, 2.45) is 35.0 Å². The number of rotatable bonds is 20. The van der Waals surface area contributed by atoms with Gasteiger partial charge in [-0.15, -0.1) is 0 Å². The van der Waals surface area contributed by atoms with Gasteiger partial charge >= 0.3 is 0 Å². The van der Waals surface area contributed by atoms with Crippen molar-refractivity contribution in [1.82, 2.24) is 26.6 Å². The van der Waals surface area contributed by atoms with Gasteiger partial charge < -0.3 is 31.4 Å². The summed E-state index contributed by atoms with van der Waals surface area (Å²) in [5, 5.41) is 14.9. The van der Waals surface area contributed by atoms with E-state index in [0.717, 1.165) is 37.3 Å². The second-order valence-corrected chi connectivity index (χ2v) is 15.9. The number of aldehydes is 1. The van der Waals surface area contributed by atoms with E-state index in [4.69, 9.17) is 0 Å². The molecular formula is C38H59N5O5S. The number of carbonyl (C=O) groups is 5. The van der Waals surface area contributed by atoms with Crippen LogP contribution in [0.25, 0.3) is 0 Å². The van der Waals surface area contributed by atoms with E-state index in [9.17, 15) is 24.0 Å². The number of benzene rings is 1. The molecule has 0 unspecified atom stereocenters. The van der Waals surface area contributed by atoms with E-state index in [1.165, 1.54) is 38.5 Å². The van der Waals surface area contributed by atoms with Crippen molar-refractivity contribution in [2.75, 3.05) is 18.8 Å². The van der Waals surface area contributed by atoms with Gasteiger partial charge in [0.15, 0.2) is 0 Å². The maximum absolute atomic E-state index is 13.8. The lowest BCUT2D eigenvalue weighted by atomic mass is 9.49. The Morgan fingerprint density at radius 1 is 0.837 bits per heavy atom. The van der Waals surface area contributed by atoms with E-state index in [-0.39, 0.29) is 23.5 Å². The molecule has 1 aromatic carbocycles. The van der Waals surface area contributed by atoms with Crippen LogP contribution >= 0.6 is 12.6 Å². The van der Waals surface area contributed by atoms with E-state index in [1.54, 1.807) is 24.3 Å². The molecule has 0 radical (unpaired) electrons. The zero-order chi connectivity index (χ0) is 35.6. The zero-order valence-corrected chi connectivity index (χ0v) is 30.7. The molecule has 0 heterocycles. The molecule has 1 aromatic rings. The van der Waals surface area contributed by atoms with Gasteiger partial charge in [-0.25, -0.2) is 0 Å². The van der Waals surface area contributed by atoms with Crippen LogP contribution in [0.15, 0.2) is 30.3 Å². The van der Waals surface area contributed by atoms with Crippen LogP contribution in [0.3, 0.4) is 0 Å². The highest BCUT2D eigenvalue weighted by atomic mass is 32.1. The molecule has 4 bridgehead atoms. The fraction of sp³-hybridized carbons (Fsp3) is 0.711. The topological polar surface area (TPSA) is 146 Å². The first-order valence-electron chi connectivity index (χ1n) is 18.5. The van der Waals surface area contributed by atoms with Crippen molar-refractivity contribution in [3.8, 4) is 0 Å². The highest BCUT2D eigenvalue weighted by Gasteiger charge is 2.50. The summed E-state index contributed by atoms with van der Waals surface area (Å²) < 4.78 is 0. The Balaban J connectivity index is 1.38. The normalized spacial score (nSPS) is 25.5. The Bertz CT molecular complexity index is 1240.